The van der Waals surface area contributed by atoms with Crippen LogP contribution in [0.15, 0.2) is 109 Å². The van der Waals surface area contributed by atoms with E-state index in [9.17, 15) is 0 Å². The molecule has 0 heteroatoms. The highest BCUT2D eigenvalue weighted by atomic mass is 14.4. The van der Waals surface area contributed by atoms with E-state index >= 15 is 0 Å². The van der Waals surface area contributed by atoms with Crippen molar-refractivity contribution in [3.05, 3.63) is 120 Å². The molecule has 0 heterocycles. The molecule has 0 unspecified atom stereocenters. The van der Waals surface area contributed by atoms with E-state index < -0.39 is 0 Å². The summed E-state index contributed by atoms with van der Waals surface area (Å²) in [5, 5.41) is 5.36. The number of fused-ring (bicyclic) bond motifs is 4. The zero-order valence-electron chi connectivity index (χ0n) is 24.4. The van der Waals surface area contributed by atoms with Crippen molar-refractivity contribution in [1.29, 1.82) is 0 Å². The van der Waals surface area contributed by atoms with Crippen molar-refractivity contribution in [2.75, 3.05) is 0 Å². The lowest BCUT2D eigenvalue weighted by molar-refractivity contribution is 0.589. The second-order valence-electron chi connectivity index (χ2n) is 13.4. The van der Waals surface area contributed by atoms with Gasteiger partial charge in [-0.2, -0.15) is 0 Å². The Kier molecular flexibility index (Phi) is 5.39. The SMILES string of the molecule is CC(C)(C)c1cc2c3c(cc(C(C)(C)C)cc3c1)-c1c-2c(-c2ccccc2)c2ccccc2c1-c1ccccc1. The molecule has 0 atom stereocenters. The molecule has 1 aliphatic rings. The van der Waals surface area contributed by atoms with Crippen LogP contribution >= 0.6 is 0 Å². The van der Waals surface area contributed by atoms with Crippen LogP contribution in [0.5, 0.6) is 0 Å². The maximum atomic E-state index is 2.49. The standard InChI is InChI=1S/C40H36/c1-39(2,3)28-21-27-22-29(40(4,5)6)24-33-34(27)32(23-28)37-35(25-15-9-7-10-16-25)30-19-13-14-20-31(30)36(38(33)37)26-17-11-8-12-18-26/h7-24H,1-6H3. The van der Waals surface area contributed by atoms with Crippen LogP contribution in [-0.2, 0) is 10.8 Å². The third-order valence-electron chi connectivity index (χ3n) is 8.66. The average Bonchev–Trinajstić information content (AvgIpc) is 3.26. The molecule has 6 aromatic carbocycles. The van der Waals surface area contributed by atoms with Crippen molar-refractivity contribution in [3.8, 4) is 44.5 Å². The third-order valence-corrected chi connectivity index (χ3v) is 8.66. The van der Waals surface area contributed by atoms with Crippen LogP contribution in [0.25, 0.3) is 66.1 Å². The smallest absolute Gasteiger partial charge is 0.000731 e. The first-order chi connectivity index (χ1) is 19.1. The Labute approximate surface area is 238 Å². The Hall–Kier alpha value is -4.16. The summed E-state index contributed by atoms with van der Waals surface area (Å²) in [6, 6.07) is 40.9. The van der Waals surface area contributed by atoms with Gasteiger partial charge in [-0.25, -0.2) is 0 Å². The minimum absolute atomic E-state index is 0.0391. The summed E-state index contributed by atoms with van der Waals surface area (Å²) in [6.07, 6.45) is 0. The summed E-state index contributed by atoms with van der Waals surface area (Å²) >= 11 is 0. The van der Waals surface area contributed by atoms with Gasteiger partial charge in [-0.05, 0) is 100 Å². The van der Waals surface area contributed by atoms with Gasteiger partial charge in [-0.15, -0.1) is 0 Å². The van der Waals surface area contributed by atoms with Gasteiger partial charge in [0, 0.05) is 0 Å². The van der Waals surface area contributed by atoms with Crippen LogP contribution in [-0.4, -0.2) is 0 Å². The van der Waals surface area contributed by atoms with Gasteiger partial charge < -0.3 is 0 Å². The molecule has 0 nitrogen and oxygen atoms in total. The van der Waals surface area contributed by atoms with Crippen LogP contribution in [0, 0.1) is 0 Å². The fourth-order valence-corrected chi connectivity index (χ4v) is 6.56. The largest absolute Gasteiger partial charge is 0.0622 e. The Morgan fingerprint density at radius 1 is 0.400 bits per heavy atom. The summed E-state index contributed by atoms with van der Waals surface area (Å²) in [5.41, 5.74) is 13.6. The number of rotatable bonds is 2. The van der Waals surface area contributed by atoms with Gasteiger partial charge in [0.2, 0.25) is 0 Å². The Bertz CT molecular complexity index is 1790. The maximum absolute atomic E-state index is 2.49. The molecule has 196 valence electrons. The summed E-state index contributed by atoms with van der Waals surface area (Å²) < 4.78 is 0. The lowest BCUT2D eigenvalue weighted by Gasteiger charge is -2.23. The van der Waals surface area contributed by atoms with E-state index in [-0.39, 0.29) is 10.8 Å². The quantitative estimate of drug-likeness (QED) is 0.214. The number of benzene rings is 6. The number of hydrogen-bond donors (Lipinski definition) is 0. The second-order valence-corrected chi connectivity index (χ2v) is 13.4. The Morgan fingerprint density at radius 3 is 1.15 bits per heavy atom. The molecule has 0 N–H and O–H groups in total. The highest BCUT2D eigenvalue weighted by Crippen LogP contribution is 2.58. The maximum Gasteiger partial charge on any atom is -0.000731 e. The first-order valence-corrected chi connectivity index (χ1v) is 14.5. The minimum atomic E-state index is 0.0391. The molecular weight excluding hydrogens is 480 g/mol. The summed E-state index contributed by atoms with van der Waals surface area (Å²) in [6.45, 7) is 14.0. The van der Waals surface area contributed by atoms with Gasteiger partial charge in [-0.3, -0.25) is 0 Å². The molecule has 0 spiro atoms. The van der Waals surface area contributed by atoms with Crippen LogP contribution in [0.2, 0.25) is 0 Å². The first-order valence-electron chi connectivity index (χ1n) is 14.5. The van der Waals surface area contributed by atoms with Crippen molar-refractivity contribution in [2.45, 2.75) is 52.4 Å². The molecule has 6 aromatic rings. The van der Waals surface area contributed by atoms with Gasteiger partial charge in [0.05, 0.1) is 0 Å². The molecule has 0 bridgehead atoms. The molecule has 0 radical (unpaired) electrons. The summed E-state index contributed by atoms with van der Waals surface area (Å²) in [7, 11) is 0. The fourth-order valence-electron chi connectivity index (χ4n) is 6.56. The van der Waals surface area contributed by atoms with Crippen molar-refractivity contribution in [3.63, 3.8) is 0 Å². The molecule has 40 heavy (non-hydrogen) atoms. The molecule has 0 amide bonds. The van der Waals surface area contributed by atoms with Crippen molar-refractivity contribution in [2.24, 2.45) is 0 Å². The van der Waals surface area contributed by atoms with E-state index in [0.29, 0.717) is 0 Å². The molecular formula is C40H36. The van der Waals surface area contributed by atoms with Gasteiger partial charge in [0.1, 0.15) is 0 Å². The van der Waals surface area contributed by atoms with Crippen LogP contribution < -0.4 is 0 Å². The minimum Gasteiger partial charge on any atom is -0.0622 e. The predicted octanol–water partition coefficient (Wildman–Crippen LogP) is 11.6. The van der Waals surface area contributed by atoms with E-state index in [1.165, 1.54) is 77.2 Å². The lowest BCUT2D eigenvalue weighted by Crippen LogP contribution is -2.12. The van der Waals surface area contributed by atoms with Crippen molar-refractivity contribution in [1.82, 2.24) is 0 Å². The fraction of sp³-hybridized carbons (Fsp3) is 0.200. The van der Waals surface area contributed by atoms with E-state index in [0.717, 1.165) is 0 Å². The van der Waals surface area contributed by atoms with Gasteiger partial charge in [0.25, 0.3) is 0 Å². The predicted molar refractivity (Wildman–Crippen MR) is 174 cm³/mol. The molecule has 0 saturated carbocycles. The Morgan fingerprint density at radius 2 is 0.775 bits per heavy atom. The van der Waals surface area contributed by atoms with Crippen LogP contribution in [0.4, 0.5) is 0 Å². The highest BCUT2D eigenvalue weighted by Gasteiger charge is 2.33. The van der Waals surface area contributed by atoms with Crippen molar-refractivity contribution < 1.29 is 0 Å². The van der Waals surface area contributed by atoms with E-state index in [1.54, 1.807) is 0 Å². The number of hydrogen-bond acceptors (Lipinski definition) is 0. The average molecular weight is 517 g/mol. The molecule has 0 saturated heterocycles. The normalized spacial score (nSPS) is 12.8. The summed E-state index contributed by atoms with van der Waals surface area (Å²) in [4.78, 5) is 0. The van der Waals surface area contributed by atoms with E-state index in [2.05, 4.69) is 151 Å². The molecule has 1 aliphatic carbocycles. The topological polar surface area (TPSA) is 0 Å². The van der Waals surface area contributed by atoms with Crippen LogP contribution in [0.3, 0.4) is 0 Å². The highest BCUT2D eigenvalue weighted by molar-refractivity contribution is 6.27. The lowest BCUT2D eigenvalue weighted by atomic mass is 9.81. The molecule has 0 aliphatic heterocycles. The van der Waals surface area contributed by atoms with E-state index in [1.807, 2.05) is 0 Å². The first kappa shape index (κ1) is 24.9. The zero-order valence-corrected chi connectivity index (χ0v) is 24.4. The van der Waals surface area contributed by atoms with E-state index in [4.69, 9.17) is 0 Å². The summed E-state index contributed by atoms with van der Waals surface area (Å²) in [5.74, 6) is 0. The monoisotopic (exact) mass is 516 g/mol. The second kappa shape index (κ2) is 8.67. The van der Waals surface area contributed by atoms with Crippen molar-refractivity contribution >= 4 is 21.5 Å². The van der Waals surface area contributed by atoms with Gasteiger partial charge in [0.15, 0.2) is 0 Å². The van der Waals surface area contributed by atoms with Gasteiger partial charge in [-0.1, -0.05) is 139 Å². The molecule has 7 rings (SSSR count). The van der Waals surface area contributed by atoms with Crippen LogP contribution in [0.1, 0.15) is 52.7 Å². The zero-order chi connectivity index (χ0) is 27.8. The molecule has 0 fully saturated rings. The van der Waals surface area contributed by atoms with Gasteiger partial charge >= 0.3 is 0 Å². The Balaban J connectivity index is 1.77. The molecule has 0 aromatic heterocycles. The third kappa shape index (κ3) is 3.74.